The SMILES string of the molecule is O=C(N1CC(CN2C(=O)C3(CC3)N=C2C2=C(F)C=C(C3C=CC(C4C=NNC4)=CC3)CC2)C1)C1(O)CC1. The fourth-order valence-electron chi connectivity index (χ4n) is 6.20. The number of rotatable bonds is 6. The van der Waals surface area contributed by atoms with Gasteiger partial charge in [-0.2, -0.15) is 5.10 Å². The van der Waals surface area contributed by atoms with Crippen molar-refractivity contribution >= 4 is 23.9 Å². The van der Waals surface area contributed by atoms with Gasteiger partial charge in [0, 0.05) is 55.7 Å². The minimum atomic E-state index is -1.16. The van der Waals surface area contributed by atoms with Gasteiger partial charge in [0.2, 0.25) is 0 Å². The Balaban J connectivity index is 1.05. The number of amidine groups is 1. The van der Waals surface area contributed by atoms with E-state index in [0.717, 1.165) is 25.0 Å². The molecule has 0 bridgehead atoms. The van der Waals surface area contributed by atoms with Gasteiger partial charge in [0.1, 0.15) is 22.8 Å². The van der Waals surface area contributed by atoms with Gasteiger partial charge in [0.05, 0.1) is 0 Å². The summed E-state index contributed by atoms with van der Waals surface area (Å²) in [6.45, 7) is 2.29. The van der Waals surface area contributed by atoms with Gasteiger partial charge in [-0.15, -0.1) is 0 Å². The van der Waals surface area contributed by atoms with Crippen LogP contribution in [0.15, 0.2) is 56.9 Å². The van der Waals surface area contributed by atoms with Gasteiger partial charge in [0.15, 0.2) is 0 Å². The molecule has 0 radical (unpaired) electrons. The number of aliphatic hydroxyl groups is 1. The smallest absolute Gasteiger partial charge is 0.256 e. The van der Waals surface area contributed by atoms with Crippen molar-refractivity contribution in [3.05, 3.63) is 46.9 Å². The molecule has 2 atom stereocenters. The number of hydrogen-bond acceptors (Lipinski definition) is 6. The summed E-state index contributed by atoms with van der Waals surface area (Å²) in [7, 11) is 0. The van der Waals surface area contributed by atoms with Crippen LogP contribution in [0.25, 0.3) is 0 Å². The summed E-state index contributed by atoms with van der Waals surface area (Å²) in [5.41, 5.74) is 4.00. The van der Waals surface area contributed by atoms with Crippen LogP contribution in [0.1, 0.15) is 44.9 Å². The second-order valence-electron chi connectivity index (χ2n) is 11.7. The Morgan fingerprint density at radius 3 is 2.62 bits per heavy atom. The molecule has 4 aliphatic carbocycles. The largest absolute Gasteiger partial charge is 0.380 e. The standard InChI is InChI=1S/C28H32FN5O3/c29-23-11-20(18-1-3-19(4-2-18)21-12-30-31-13-21)5-6-22(23)24-32-27(7-8-27)25(35)34(24)16-17-14-33(15-17)26(36)28(37)9-10-28/h1,3-4,11-12,17-18,21,31,37H,2,5-10,13-16H2. The zero-order valence-corrected chi connectivity index (χ0v) is 20.8. The van der Waals surface area contributed by atoms with E-state index in [1.807, 2.05) is 6.21 Å². The Kier molecular flexibility index (Phi) is 5.12. The molecule has 1 saturated heterocycles. The summed E-state index contributed by atoms with van der Waals surface area (Å²) in [6.07, 6.45) is 14.8. The molecule has 7 rings (SSSR count). The van der Waals surface area contributed by atoms with Crippen LogP contribution in [0.2, 0.25) is 0 Å². The Hall–Kier alpha value is -3.07. The molecular weight excluding hydrogens is 473 g/mol. The molecule has 8 nitrogen and oxygen atoms in total. The van der Waals surface area contributed by atoms with Gasteiger partial charge in [-0.3, -0.25) is 19.5 Å². The minimum absolute atomic E-state index is 0.0269. The lowest BCUT2D eigenvalue weighted by molar-refractivity contribution is -0.149. The first kappa shape index (κ1) is 23.1. The van der Waals surface area contributed by atoms with Crippen LogP contribution >= 0.6 is 0 Å². The lowest BCUT2D eigenvalue weighted by Gasteiger charge is -2.42. The number of likely N-dealkylation sites (tertiary alicyclic amines) is 1. The topological polar surface area (TPSA) is 97.6 Å². The van der Waals surface area contributed by atoms with Gasteiger partial charge < -0.3 is 15.4 Å². The van der Waals surface area contributed by atoms with Crippen molar-refractivity contribution in [2.24, 2.45) is 27.8 Å². The van der Waals surface area contributed by atoms with Crippen LogP contribution < -0.4 is 5.43 Å². The molecule has 1 spiro atoms. The lowest BCUT2D eigenvalue weighted by atomic mass is 9.82. The summed E-state index contributed by atoms with van der Waals surface area (Å²) in [5.74, 6) is 0.582. The second kappa shape index (κ2) is 8.21. The molecule has 2 saturated carbocycles. The molecular formula is C28H32FN5O3. The number of hydrazone groups is 1. The van der Waals surface area contributed by atoms with Crippen LogP contribution in [0.3, 0.4) is 0 Å². The van der Waals surface area contributed by atoms with E-state index in [2.05, 4.69) is 28.8 Å². The quantitative estimate of drug-likeness (QED) is 0.579. The lowest BCUT2D eigenvalue weighted by Crippen LogP contribution is -2.58. The van der Waals surface area contributed by atoms with Crippen molar-refractivity contribution in [1.82, 2.24) is 15.2 Å². The minimum Gasteiger partial charge on any atom is -0.380 e. The molecule has 2 unspecified atom stereocenters. The zero-order chi connectivity index (χ0) is 25.4. The molecule has 9 heteroatoms. The number of allylic oxidation sites excluding steroid dienone is 6. The summed E-state index contributed by atoms with van der Waals surface area (Å²) in [4.78, 5) is 33.8. The summed E-state index contributed by atoms with van der Waals surface area (Å²) >= 11 is 0. The third kappa shape index (κ3) is 3.90. The highest BCUT2D eigenvalue weighted by Gasteiger charge is 2.59. The first-order chi connectivity index (χ1) is 17.9. The summed E-state index contributed by atoms with van der Waals surface area (Å²) in [6, 6.07) is 0. The van der Waals surface area contributed by atoms with Crippen LogP contribution in [0.4, 0.5) is 4.39 Å². The monoisotopic (exact) mass is 505 g/mol. The Morgan fingerprint density at radius 2 is 2.00 bits per heavy atom. The molecule has 0 aromatic heterocycles. The maximum absolute atomic E-state index is 15.6. The number of halogens is 1. The van der Waals surface area contributed by atoms with Crippen LogP contribution in [-0.2, 0) is 9.59 Å². The molecule has 3 fully saturated rings. The van der Waals surface area contributed by atoms with E-state index in [4.69, 9.17) is 4.99 Å². The van der Waals surface area contributed by atoms with Crippen molar-refractivity contribution in [3.8, 4) is 0 Å². The van der Waals surface area contributed by atoms with Gasteiger partial charge >= 0.3 is 0 Å². The van der Waals surface area contributed by atoms with E-state index < -0.39 is 11.1 Å². The van der Waals surface area contributed by atoms with E-state index in [9.17, 15) is 14.7 Å². The van der Waals surface area contributed by atoms with Gasteiger partial charge in [-0.1, -0.05) is 23.8 Å². The number of carbonyl (C=O) groups is 2. The van der Waals surface area contributed by atoms with Gasteiger partial charge in [-0.25, -0.2) is 4.39 Å². The number of amides is 2. The second-order valence-corrected chi connectivity index (χ2v) is 11.7. The molecule has 37 heavy (non-hydrogen) atoms. The fraction of sp³-hybridized carbons (Fsp3) is 0.571. The molecule has 7 aliphatic rings. The van der Waals surface area contributed by atoms with E-state index >= 15 is 4.39 Å². The van der Waals surface area contributed by atoms with E-state index in [0.29, 0.717) is 69.1 Å². The van der Waals surface area contributed by atoms with Gasteiger partial charge in [-0.05, 0) is 56.6 Å². The number of carbonyl (C=O) groups excluding carboxylic acids is 2. The van der Waals surface area contributed by atoms with Crippen LogP contribution in [-0.4, -0.2) is 76.1 Å². The number of hydrogen-bond donors (Lipinski definition) is 2. The average Bonchev–Trinajstić information content (AvgIpc) is 3.74. The van der Waals surface area contributed by atoms with Crippen molar-refractivity contribution in [2.75, 3.05) is 26.2 Å². The molecule has 3 heterocycles. The van der Waals surface area contributed by atoms with Crippen molar-refractivity contribution < 1.29 is 19.1 Å². The Labute approximate surface area is 215 Å². The molecule has 3 aliphatic heterocycles. The van der Waals surface area contributed by atoms with Gasteiger partial charge in [0.25, 0.3) is 11.8 Å². The number of nitrogens with zero attached hydrogens (tertiary/aromatic N) is 4. The van der Waals surface area contributed by atoms with Crippen molar-refractivity contribution in [3.63, 3.8) is 0 Å². The third-order valence-electron chi connectivity index (χ3n) is 8.97. The molecule has 2 amide bonds. The first-order valence-electron chi connectivity index (χ1n) is 13.5. The van der Waals surface area contributed by atoms with E-state index in [1.165, 1.54) is 5.57 Å². The van der Waals surface area contributed by atoms with E-state index in [1.54, 1.807) is 15.9 Å². The first-order valence-corrected chi connectivity index (χ1v) is 13.5. The highest BCUT2D eigenvalue weighted by molar-refractivity contribution is 6.16. The molecule has 0 aromatic rings. The Bertz CT molecular complexity index is 1250. The predicted octanol–water partition coefficient (Wildman–Crippen LogP) is 2.39. The predicted molar refractivity (Wildman–Crippen MR) is 136 cm³/mol. The van der Waals surface area contributed by atoms with Crippen LogP contribution in [0.5, 0.6) is 0 Å². The summed E-state index contributed by atoms with van der Waals surface area (Å²) in [5, 5.41) is 14.2. The molecule has 2 N–H and O–H groups in total. The zero-order valence-electron chi connectivity index (χ0n) is 20.8. The third-order valence-corrected chi connectivity index (χ3v) is 8.97. The molecule has 0 aromatic carbocycles. The fourth-order valence-corrected chi connectivity index (χ4v) is 6.20. The normalized spacial score (nSPS) is 31.3. The molecule has 194 valence electrons. The van der Waals surface area contributed by atoms with E-state index in [-0.39, 0.29) is 29.5 Å². The highest BCUT2D eigenvalue weighted by Crippen LogP contribution is 2.48. The van der Waals surface area contributed by atoms with Crippen LogP contribution in [0, 0.1) is 17.8 Å². The maximum Gasteiger partial charge on any atom is 0.256 e. The average molecular weight is 506 g/mol. The highest BCUT2D eigenvalue weighted by atomic mass is 19.1. The number of aliphatic imine (C=N–C) groups is 1. The Morgan fingerprint density at radius 1 is 1.19 bits per heavy atom. The number of nitrogens with one attached hydrogen (secondary N) is 1. The summed E-state index contributed by atoms with van der Waals surface area (Å²) < 4.78 is 15.6. The maximum atomic E-state index is 15.6. The van der Waals surface area contributed by atoms with Crippen molar-refractivity contribution in [1.29, 1.82) is 0 Å². The van der Waals surface area contributed by atoms with Crippen molar-refractivity contribution in [2.45, 2.75) is 56.1 Å².